The van der Waals surface area contributed by atoms with E-state index in [1.807, 2.05) is 0 Å². The molecule has 1 aliphatic carbocycles. The fourth-order valence-corrected chi connectivity index (χ4v) is 5.15. The second-order valence-corrected chi connectivity index (χ2v) is 10.2. The number of aliphatic hydroxyl groups excluding tert-OH is 8. The van der Waals surface area contributed by atoms with E-state index in [-0.39, 0.29) is 16.9 Å². The van der Waals surface area contributed by atoms with Gasteiger partial charge in [-0.15, -0.1) is 0 Å². The monoisotopic (exact) mass is 608 g/mol. The third kappa shape index (κ3) is 5.27. The zero-order chi connectivity index (χ0) is 31.3. The lowest BCUT2D eigenvalue weighted by atomic mass is 9.82. The molecule has 2 heterocycles. The van der Waals surface area contributed by atoms with E-state index >= 15 is 0 Å². The van der Waals surface area contributed by atoms with Crippen molar-refractivity contribution < 1.29 is 79.3 Å². The number of hydrogen-bond acceptors (Lipinski definition) is 15. The largest absolute Gasteiger partial charge is 0.478 e. The van der Waals surface area contributed by atoms with E-state index in [0.717, 1.165) is 12.1 Å². The molecule has 43 heavy (non-hydrogen) atoms. The summed E-state index contributed by atoms with van der Waals surface area (Å²) in [5.41, 5.74) is -1.98. The number of carboxylic acids is 1. The molecule has 16 nitrogen and oxygen atoms in total. The molecule has 3 aliphatic rings. The Morgan fingerprint density at radius 1 is 0.674 bits per heavy atom. The van der Waals surface area contributed by atoms with Gasteiger partial charge >= 0.3 is 5.97 Å². The number of aromatic carboxylic acids is 1. The van der Waals surface area contributed by atoms with Crippen molar-refractivity contribution in [1.29, 1.82) is 0 Å². The second kappa shape index (κ2) is 11.9. The van der Waals surface area contributed by atoms with Crippen LogP contribution in [-0.4, -0.2) is 138 Å². The first-order valence-corrected chi connectivity index (χ1v) is 13.0. The van der Waals surface area contributed by atoms with Gasteiger partial charge in [0.25, 0.3) is 0 Å². The van der Waals surface area contributed by atoms with Crippen LogP contribution in [-0.2, 0) is 9.47 Å². The third-order valence-corrected chi connectivity index (χ3v) is 7.50. The summed E-state index contributed by atoms with van der Waals surface area (Å²) in [6.45, 7) is -1.56. The molecule has 0 amide bonds. The van der Waals surface area contributed by atoms with Gasteiger partial charge in [-0.05, 0) is 18.2 Å². The zero-order valence-corrected chi connectivity index (χ0v) is 22.0. The Morgan fingerprint density at radius 3 is 1.70 bits per heavy atom. The van der Waals surface area contributed by atoms with Crippen LogP contribution in [0.5, 0.6) is 11.5 Å². The van der Waals surface area contributed by atoms with Crippen molar-refractivity contribution in [1.82, 2.24) is 0 Å². The van der Waals surface area contributed by atoms with E-state index < -0.39 is 115 Å². The van der Waals surface area contributed by atoms with E-state index in [1.165, 1.54) is 18.2 Å². The maximum Gasteiger partial charge on any atom is 0.335 e. The predicted octanol–water partition coefficient (Wildman–Crippen LogP) is -3.48. The summed E-state index contributed by atoms with van der Waals surface area (Å²) < 4.78 is 21.9. The van der Waals surface area contributed by atoms with Crippen molar-refractivity contribution in [3.8, 4) is 11.5 Å². The lowest BCUT2D eigenvalue weighted by Crippen LogP contribution is -2.60. The average Bonchev–Trinajstić information content (AvgIpc) is 2.99. The molecule has 0 saturated carbocycles. The van der Waals surface area contributed by atoms with Gasteiger partial charge in [0.2, 0.25) is 18.4 Å². The van der Waals surface area contributed by atoms with E-state index in [2.05, 4.69) is 0 Å². The molecular formula is C27H28O16. The average molecular weight is 609 g/mol. The minimum atomic E-state index is -1.94. The summed E-state index contributed by atoms with van der Waals surface area (Å²) in [6.07, 6.45) is -17.2. The first kappa shape index (κ1) is 30.9. The molecular weight excluding hydrogens is 580 g/mol. The summed E-state index contributed by atoms with van der Waals surface area (Å²) in [6, 6.07) is 5.62. The highest BCUT2D eigenvalue weighted by Gasteiger charge is 2.47. The molecule has 16 heteroatoms. The predicted molar refractivity (Wildman–Crippen MR) is 135 cm³/mol. The van der Waals surface area contributed by atoms with Crippen molar-refractivity contribution in [2.75, 3.05) is 13.2 Å². The highest BCUT2D eigenvalue weighted by molar-refractivity contribution is 6.30. The maximum absolute atomic E-state index is 14.0. The molecule has 0 bridgehead atoms. The molecule has 5 rings (SSSR count). The van der Waals surface area contributed by atoms with Gasteiger partial charge in [-0.25, -0.2) is 4.79 Å². The summed E-state index contributed by atoms with van der Waals surface area (Å²) >= 11 is 0. The number of aliphatic hydroxyl groups is 8. The van der Waals surface area contributed by atoms with Gasteiger partial charge in [0.15, 0.2) is 5.78 Å². The van der Waals surface area contributed by atoms with Crippen LogP contribution in [0, 0.1) is 0 Å². The normalized spacial score (nSPS) is 33.9. The molecule has 0 aromatic heterocycles. The molecule has 10 atom stereocenters. The van der Waals surface area contributed by atoms with Gasteiger partial charge in [-0.2, -0.15) is 0 Å². The van der Waals surface area contributed by atoms with Crippen molar-refractivity contribution in [2.45, 2.75) is 61.4 Å². The van der Waals surface area contributed by atoms with Gasteiger partial charge in [0, 0.05) is 11.1 Å². The van der Waals surface area contributed by atoms with Gasteiger partial charge in [0.05, 0.1) is 29.9 Å². The van der Waals surface area contributed by atoms with Crippen LogP contribution in [0.15, 0.2) is 30.3 Å². The Bertz CT molecular complexity index is 1420. The summed E-state index contributed by atoms with van der Waals surface area (Å²) in [7, 11) is 0. The lowest BCUT2D eigenvalue weighted by molar-refractivity contribution is -0.277. The molecule has 2 aromatic rings. The number of carbonyl (C=O) groups excluding carboxylic acids is 2. The SMILES string of the molecule is O=C(O)c1cc(O[C@H]2O[C@H](CO)[C@H](O)[C@H](O)[C@H]2O)c2c(c1)C(=O)c1cccc(O[C@H]3O[C@H](CO)[C@H](O)[C@@H](O)[C@H]3O)c1C2=O. The van der Waals surface area contributed by atoms with Crippen LogP contribution in [0.3, 0.4) is 0 Å². The molecule has 2 fully saturated rings. The molecule has 0 radical (unpaired) electrons. The van der Waals surface area contributed by atoms with Crippen LogP contribution >= 0.6 is 0 Å². The highest BCUT2D eigenvalue weighted by Crippen LogP contribution is 2.40. The van der Waals surface area contributed by atoms with Crippen molar-refractivity contribution in [2.24, 2.45) is 0 Å². The number of carboxylic acid groups (broad SMARTS) is 1. The fraction of sp³-hybridized carbons (Fsp3) is 0.444. The van der Waals surface area contributed by atoms with Crippen LogP contribution in [0.1, 0.15) is 42.2 Å². The number of rotatable bonds is 7. The Balaban J connectivity index is 1.56. The quantitative estimate of drug-likeness (QED) is 0.126. The topological polar surface area (TPSA) is 270 Å². The van der Waals surface area contributed by atoms with Crippen LogP contribution in [0.2, 0.25) is 0 Å². The molecule has 0 spiro atoms. The van der Waals surface area contributed by atoms with Gasteiger partial charge in [-0.1, -0.05) is 12.1 Å². The fourth-order valence-electron chi connectivity index (χ4n) is 5.15. The molecule has 0 unspecified atom stereocenters. The highest BCUT2D eigenvalue weighted by atomic mass is 16.7. The summed E-state index contributed by atoms with van der Waals surface area (Å²) in [4.78, 5) is 39.5. The molecule has 2 aromatic carbocycles. The Morgan fingerprint density at radius 2 is 1.19 bits per heavy atom. The Kier molecular flexibility index (Phi) is 8.52. The van der Waals surface area contributed by atoms with E-state index in [1.54, 1.807) is 0 Å². The third-order valence-electron chi connectivity index (χ3n) is 7.50. The van der Waals surface area contributed by atoms with Crippen molar-refractivity contribution >= 4 is 17.5 Å². The lowest BCUT2D eigenvalue weighted by Gasteiger charge is -2.40. The first-order chi connectivity index (χ1) is 20.4. The number of carbonyl (C=O) groups is 3. The number of ketones is 2. The molecule has 2 aliphatic heterocycles. The van der Waals surface area contributed by atoms with E-state index in [4.69, 9.17) is 18.9 Å². The Hall–Kier alpha value is -3.55. The van der Waals surface area contributed by atoms with Crippen LogP contribution in [0.25, 0.3) is 0 Å². The number of benzene rings is 2. The van der Waals surface area contributed by atoms with E-state index in [9.17, 15) is 60.3 Å². The first-order valence-electron chi connectivity index (χ1n) is 13.0. The maximum atomic E-state index is 14.0. The van der Waals surface area contributed by atoms with Crippen molar-refractivity contribution in [3.05, 3.63) is 58.1 Å². The molecule has 9 N–H and O–H groups in total. The number of hydrogen-bond donors (Lipinski definition) is 9. The number of fused-ring (bicyclic) bond motifs is 2. The van der Waals surface area contributed by atoms with Crippen molar-refractivity contribution in [3.63, 3.8) is 0 Å². The minimum Gasteiger partial charge on any atom is -0.478 e. The zero-order valence-electron chi connectivity index (χ0n) is 22.0. The smallest absolute Gasteiger partial charge is 0.335 e. The molecule has 2 saturated heterocycles. The van der Waals surface area contributed by atoms with Gasteiger partial charge < -0.3 is 64.9 Å². The van der Waals surface area contributed by atoms with Crippen LogP contribution in [0.4, 0.5) is 0 Å². The van der Waals surface area contributed by atoms with Gasteiger partial charge in [-0.3, -0.25) is 9.59 Å². The molecule has 232 valence electrons. The van der Waals surface area contributed by atoms with Gasteiger partial charge in [0.1, 0.15) is 60.3 Å². The minimum absolute atomic E-state index is 0.235. The number of ether oxygens (including phenoxy) is 4. The second-order valence-electron chi connectivity index (χ2n) is 10.2. The van der Waals surface area contributed by atoms with E-state index in [0.29, 0.717) is 0 Å². The van der Waals surface area contributed by atoms with Crippen LogP contribution < -0.4 is 9.47 Å². The standard InChI is InChI=1S/C27H28O16/c28-6-13-18(31)21(34)23(36)26(42-13)40-11-3-1-2-9-15(11)20(33)16-10(17(9)30)4-8(25(38)39)5-12(16)41-27-24(37)22(35)19(32)14(7-29)43-27/h1-5,13-14,18-19,21-24,26-29,31-32,34-37H,6-7H2,(H,38,39)/t13-,14-,18+,19+,21-,22+,23-,24-,26+,27+/m1/s1. The Labute approximate surface area is 241 Å². The summed E-state index contributed by atoms with van der Waals surface area (Å²) in [5.74, 6) is -4.18. The summed E-state index contributed by atoms with van der Waals surface area (Å²) in [5, 5.41) is 89.9.